The van der Waals surface area contributed by atoms with Crippen molar-refractivity contribution < 1.29 is 28.6 Å². The van der Waals surface area contributed by atoms with Gasteiger partial charge in [0.1, 0.15) is 16.8 Å². The van der Waals surface area contributed by atoms with E-state index >= 15 is 0 Å². The van der Waals surface area contributed by atoms with Gasteiger partial charge in [-0.2, -0.15) is 0 Å². The minimum Gasteiger partial charge on any atom is -0.465 e. The second-order valence-corrected chi connectivity index (χ2v) is 4.26. The van der Waals surface area contributed by atoms with Crippen LogP contribution in [0.15, 0.2) is 24.4 Å². The minimum atomic E-state index is -0.813. The highest BCUT2D eigenvalue weighted by molar-refractivity contribution is 6.14. The molecule has 0 radical (unpaired) electrons. The van der Waals surface area contributed by atoms with Gasteiger partial charge >= 0.3 is 17.9 Å². The highest BCUT2D eigenvalue weighted by atomic mass is 16.5. The van der Waals surface area contributed by atoms with Crippen LogP contribution in [0.25, 0.3) is 5.52 Å². The summed E-state index contributed by atoms with van der Waals surface area (Å²) in [5, 5.41) is 0. The zero-order chi connectivity index (χ0) is 16.3. The van der Waals surface area contributed by atoms with Gasteiger partial charge in [0.15, 0.2) is 0 Å². The SMILES string of the molecule is CCOC(=O)c1c(C(=O)OC)c(C(=O)OC)n2ccccc12. The molecule has 0 spiro atoms. The minimum absolute atomic E-state index is 0.0188. The summed E-state index contributed by atoms with van der Waals surface area (Å²) in [6.45, 7) is 1.78. The van der Waals surface area contributed by atoms with Crippen LogP contribution < -0.4 is 0 Å². The molecule has 116 valence electrons. The highest BCUT2D eigenvalue weighted by Gasteiger charge is 2.33. The van der Waals surface area contributed by atoms with Crippen LogP contribution in [-0.4, -0.2) is 43.1 Å². The summed E-state index contributed by atoms with van der Waals surface area (Å²) in [6, 6.07) is 4.95. The Balaban J connectivity index is 2.88. The molecule has 2 aromatic heterocycles. The molecule has 0 aliphatic carbocycles. The first-order chi connectivity index (χ1) is 10.6. The molecule has 0 aromatic carbocycles. The van der Waals surface area contributed by atoms with E-state index in [9.17, 15) is 14.4 Å². The zero-order valence-corrected chi connectivity index (χ0v) is 12.4. The predicted octanol–water partition coefficient (Wildman–Crippen LogP) is 1.69. The Bertz CT molecular complexity index is 746. The second kappa shape index (κ2) is 6.30. The van der Waals surface area contributed by atoms with E-state index < -0.39 is 17.9 Å². The average Bonchev–Trinajstić information content (AvgIpc) is 2.88. The third kappa shape index (κ3) is 2.41. The van der Waals surface area contributed by atoms with E-state index in [0.717, 1.165) is 0 Å². The summed E-state index contributed by atoms with van der Waals surface area (Å²) in [5.41, 5.74) is 0.100. The Kier molecular flexibility index (Phi) is 4.45. The molecule has 0 aliphatic heterocycles. The fourth-order valence-electron chi connectivity index (χ4n) is 2.22. The van der Waals surface area contributed by atoms with Gasteiger partial charge in [0.2, 0.25) is 0 Å². The number of ether oxygens (including phenoxy) is 3. The van der Waals surface area contributed by atoms with Gasteiger partial charge in [-0.05, 0) is 19.1 Å². The maximum atomic E-state index is 12.2. The summed E-state index contributed by atoms with van der Waals surface area (Å²) in [7, 11) is 2.36. The van der Waals surface area contributed by atoms with Crippen molar-refractivity contribution >= 4 is 23.4 Å². The summed E-state index contributed by atoms with van der Waals surface area (Å²) < 4.78 is 15.8. The van der Waals surface area contributed by atoms with Crippen molar-refractivity contribution in [2.75, 3.05) is 20.8 Å². The Morgan fingerprint density at radius 3 is 2.27 bits per heavy atom. The van der Waals surface area contributed by atoms with Crippen LogP contribution in [0.2, 0.25) is 0 Å². The third-order valence-electron chi connectivity index (χ3n) is 3.09. The van der Waals surface area contributed by atoms with Crippen LogP contribution >= 0.6 is 0 Å². The quantitative estimate of drug-likeness (QED) is 0.631. The number of pyridine rings is 1. The molecule has 2 rings (SSSR count). The van der Waals surface area contributed by atoms with E-state index in [1.54, 1.807) is 31.3 Å². The van der Waals surface area contributed by atoms with Crippen molar-refractivity contribution in [3.05, 3.63) is 41.2 Å². The van der Waals surface area contributed by atoms with Gasteiger partial charge in [-0.1, -0.05) is 6.07 Å². The predicted molar refractivity (Wildman–Crippen MR) is 76.0 cm³/mol. The topological polar surface area (TPSA) is 83.3 Å². The molecule has 2 aromatic rings. The molecule has 0 bridgehead atoms. The van der Waals surface area contributed by atoms with Gasteiger partial charge in [0.25, 0.3) is 0 Å². The van der Waals surface area contributed by atoms with E-state index in [1.807, 2.05) is 0 Å². The summed E-state index contributed by atoms with van der Waals surface area (Å²) in [5.74, 6) is -2.27. The number of methoxy groups -OCH3 is 2. The number of aromatic nitrogens is 1. The first kappa shape index (κ1) is 15.6. The van der Waals surface area contributed by atoms with Gasteiger partial charge in [-0.25, -0.2) is 14.4 Å². The molecule has 0 saturated carbocycles. The van der Waals surface area contributed by atoms with Gasteiger partial charge in [-0.3, -0.25) is 0 Å². The summed E-state index contributed by atoms with van der Waals surface area (Å²) in [6.07, 6.45) is 1.55. The fourth-order valence-corrected chi connectivity index (χ4v) is 2.22. The lowest BCUT2D eigenvalue weighted by Crippen LogP contribution is -2.15. The standard InChI is InChI=1S/C15H15NO6/c1-4-22-14(18)10-9-7-5-6-8-16(9)12(15(19)21-3)11(10)13(17)20-2/h5-8H,4H2,1-3H3. The fraction of sp³-hybridized carbons (Fsp3) is 0.267. The molecular formula is C15H15NO6. The number of rotatable bonds is 4. The molecule has 0 aliphatic rings. The van der Waals surface area contributed by atoms with Crippen molar-refractivity contribution in [3.63, 3.8) is 0 Å². The largest absolute Gasteiger partial charge is 0.465 e. The number of carbonyl (C=O) groups is 3. The molecule has 0 unspecified atom stereocenters. The maximum Gasteiger partial charge on any atom is 0.355 e. The van der Waals surface area contributed by atoms with Crippen LogP contribution in [0, 0.1) is 0 Å². The maximum absolute atomic E-state index is 12.2. The van der Waals surface area contributed by atoms with Crippen molar-refractivity contribution in [1.29, 1.82) is 0 Å². The number of hydrogen-bond donors (Lipinski definition) is 0. The van der Waals surface area contributed by atoms with E-state index in [1.165, 1.54) is 18.6 Å². The molecule has 0 amide bonds. The van der Waals surface area contributed by atoms with E-state index in [-0.39, 0.29) is 23.4 Å². The van der Waals surface area contributed by atoms with Crippen LogP contribution in [0.1, 0.15) is 38.1 Å². The lowest BCUT2D eigenvalue weighted by Gasteiger charge is -2.04. The van der Waals surface area contributed by atoms with Crippen molar-refractivity contribution in [3.8, 4) is 0 Å². The molecule has 7 nitrogen and oxygen atoms in total. The lowest BCUT2D eigenvalue weighted by atomic mass is 10.1. The normalized spacial score (nSPS) is 10.3. The molecule has 22 heavy (non-hydrogen) atoms. The monoisotopic (exact) mass is 305 g/mol. The number of nitrogens with zero attached hydrogens (tertiary/aromatic N) is 1. The molecule has 7 heteroatoms. The smallest absolute Gasteiger partial charge is 0.355 e. The molecule has 0 atom stereocenters. The zero-order valence-electron chi connectivity index (χ0n) is 12.4. The molecule has 2 heterocycles. The molecule has 0 fully saturated rings. The van der Waals surface area contributed by atoms with Crippen molar-refractivity contribution in [1.82, 2.24) is 4.40 Å². The Morgan fingerprint density at radius 2 is 1.68 bits per heavy atom. The first-order valence-corrected chi connectivity index (χ1v) is 6.53. The number of fused-ring (bicyclic) bond motifs is 1. The van der Waals surface area contributed by atoms with Gasteiger partial charge < -0.3 is 18.6 Å². The van der Waals surface area contributed by atoms with Crippen LogP contribution in [0.5, 0.6) is 0 Å². The van der Waals surface area contributed by atoms with E-state index in [2.05, 4.69) is 0 Å². The summed E-state index contributed by atoms with van der Waals surface area (Å²) >= 11 is 0. The van der Waals surface area contributed by atoms with Crippen LogP contribution in [0.3, 0.4) is 0 Å². The van der Waals surface area contributed by atoms with Crippen molar-refractivity contribution in [2.24, 2.45) is 0 Å². The van der Waals surface area contributed by atoms with Crippen LogP contribution in [-0.2, 0) is 14.2 Å². The first-order valence-electron chi connectivity index (χ1n) is 6.53. The number of esters is 3. The molecular weight excluding hydrogens is 290 g/mol. The second-order valence-electron chi connectivity index (χ2n) is 4.26. The Hall–Kier alpha value is -2.83. The van der Waals surface area contributed by atoms with E-state index in [0.29, 0.717) is 5.52 Å². The number of hydrogen-bond acceptors (Lipinski definition) is 6. The lowest BCUT2D eigenvalue weighted by molar-refractivity contribution is 0.0503. The highest BCUT2D eigenvalue weighted by Crippen LogP contribution is 2.26. The average molecular weight is 305 g/mol. The molecule has 0 N–H and O–H groups in total. The van der Waals surface area contributed by atoms with Gasteiger partial charge in [0.05, 0.1) is 26.3 Å². The Morgan fingerprint density at radius 1 is 1.00 bits per heavy atom. The summed E-state index contributed by atoms with van der Waals surface area (Å²) in [4.78, 5) is 36.4. The number of carbonyl (C=O) groups excluding carboxylic acids is 3. The van der Waals surface area contributed by atoms with Crippen LogP contribution in [0.4, 0.5) is 0 Å². The molecule has 0 saturated heterocycles. The third-order valence-corrected chi connectivity index (χ3v) is 3.09. The van der Waals surface area contributed by atoms with E-state index in [4.69, 9.17) is 14.2 Å². The van der Waals surface area contributed by atoms with Gasteiger partial charge in [0, 0.05) is 6.20 Å². The Labute approximate surface area is 126 Å². The van der Waals surface area contributed by atoms with Gasteiger partial charge in [-0.15, -0.1) is 0 Å². The van der Waals surface area contributed by atoms with Crippen molar-refractivity contribution in [2.45, 2.75) is 6.92 Å².